The van der Waals surface area contributed by atoms with Gasteiger partial charge in [0.1, 0.15) is 36.0 Å². The molecule has 0 radical (unpaired) electrons. The number of anilines is 1. The topological polar surface area (TPSA) is 219 Å². The van der Waals surface area contributed by atoms with Crippen molar-refractivity contribution in [2.45, 2.75) is 49.5 Å². The first-order valence-corrected chi connectivity index (χ1v) is 21.1. The van der Waals surface area contributed by atoms with Crippen LogP contribution in [0.25, 0.3) is 0 Å². The second kappa shape index (κ2) is 19.5. The van der Waals surface area contributed by atoms with Gasteiger partial charge >= 0.3 is 24.0 Å². The van der Waals surface area contributed by atoms with E-state index >= 15 is 14.4 Å². The molecule has 1 spiro atoms. The van der Waals surface area contributed by atoms with Gasteiger partial charge in [-0.3, -0.25) is 19.3 Å². The van der Waals surface area contributed by atoms with Crippen LogP contribution in [0, 0.1) is 23.7 Å². The van der Waals surface area contributed by atoms with Crippen LogP contribution in [0.5, 0.6) is 5.75 Å². The number of aliphatic hydroxyl groups excluding tert-OH is 1. The number of primary amides is 1. The van der Waals surface area contributed by atoms with Gasteiger partial charge in [0, 0.05) is 17.7 Å². The highest BCUT2D eigenvalue weighted by Gasteiger charge is 2.76. The maximum atomic E-state index is 16.4. The molecule has 2 fully saturated rings. The molecule has 7 unspecified atom stereocenters. The van der Waals surface area contributed by atoms with E-state index in [9.17, 15) is 19.5 Å². The van der Waals surface area contributed by atoms with E-state index in [-0.39, 0.29) is 43.3 Å². The van der Waals surface area contributed by atoms with Crippen LogP contribution in [0.1, 0.15) is 59.9 Å². The molecule has 65 heavy (non-hydrogen) atoms. The van der Waals surface area contributed by atoms with Crippen LogP contribution in [-0.2, 0) is 34.1 Å². The second-order valence-electron chi connectivity index (χ2n) is 16.0. The smallest absolute Gasteiger partial charge is 0.329 e. The zero-order chi connectivity index (χ0) is 46.4. The number of nitrogens with zero attached hydrogens (tertiary/aromatic N) is 2. The number of fused-ring (bicyclic) bond motifs is 3. The van der Waals surface area contributed by atoms with Crippen LogP contribution in [0.3, 0.4) is 0 Å². The minimum atomic E-state index is -2.18. The Morgan fingerprint density at radius 1 is 0.938 bits per heavy atom. The van der Waals surface area contributed by atoms with Crippen LogP contribution in [0.2, 0.25) is 0 Å². The number of amides is 6. The summed E-state index contributed by atoms with van der Waals surface area (Å²) in [6.45, 7) is 6.49. The predicted octanol–water partition coefficient (Wildman–Crippen LogP) is 3.95. The molecule has 0 aromatic heterocycles. The molecule has 4 aromatic carbocycles. The maximum Gasteiger partial charge on any atom is 0.329 e. The van der Waals surface area contributed by atoms with Gasteiger partial charge in [-0.2, -0.15) is 0 Å². The number of morpholine rings is 1. The molecular weight excluding hydrogens is 833 g/mol. The monoisotopic (exact) mass is 882 g/mol. The molecule has 336 valence electrons. The van der Waals surface area contributed by atoms with E-state index in [2.05, 4.69) is 34.4 Å². The molecule has 7 rings (SSSR count). The van der Waals surface area contributed by atoms with E-state index in [0.717, 1.165) is 4.90 Å². The minimum absolute atomic E-state index is 0.0463. The summed E-state index contributed by atoms with van der Waals surface area (Å²) in [4.78, 5) is 89.1. The number of hydrogen-bond acceptors (Lipinski definition) is 11. The van der Waals surface area contributed by atoms with Crippen LogP contribution in [0.15, 0.2) is 116 Å². The molecule has 4 aromatic rings. The molecule has 0 saturated carbocycles. The van der Waals surface area contributed by atoms with Crippen LogP contribution in [0.4, 0.5) is 15.3 Å². The Morgan fingerprint density at radius 2 is 1.62 bits per heavy atom. The van der Waals surface area contributed by atoms with Gasteiger partial charge in [0.05, 0.1) is 44.0 Å². The standard InChI is InChI=1S/C49H50N6O10/c1-5-24-51-43(57)37-40-45(59)65-41(32-18-10-7-11-19-32)39(31-16-8-6-9-17-31)55(40)42(33-20-12-13-21-36(33)64-27-26-56)49(37)34-28-30(15-14-25-52-47(50)61)22-23-35(34)54(46(49)60)48(62)53-38(29(2)3)44(58)63-4/h5-13,16-23,28-29,37-42,56H,1,24-27H2,2-4H3,(H,51,57)(H,53,62)(H3,50,52,61). The summed E-state index contributed by atoms with van der Waals surface area (Å²) in [6.07, 6.45) is 0.473. The SMILES string of the molecule is C=CCNC(=O)C1C2C(=O)OC(c3ccccc3)C(c3ccccc3)N2C(c2ccccc2OCCO)C12C(=O)N(C(=O)NC(C(=O)OC)C(C)C)c1ccc(C#CCNC(N)=O)cc12. The number of ether oxygens (including phenoxy) is 3. The van der Waals surface area contributed by atoms with Crippen molar-refractivity contribution in [3.05, 3.63) is 144 Å². The third-order valence-electron chi connectivity index (χ3n) is 11.9. The van der Waals surface area contributed by atoms with E-state index < -0.39 is 83.3 Å². The highest BCUT2D eigenvalue weighted by molar-refractivity contribution is 6.25. The number of nitrogens with two attached hydrogens (primary N) is 1. The van der Waals surface area contributed by atoms with Crippen molar-refractivity contribution >= 4 is 41.5 Å². The van der Waals surface area contributed by atoms with Gasteiger partial charge in [-0.05, 0) is 46.9 Å². The lowest BCUT2D eigenvalue weighted by molar-refractivity contribution is -0.178. The Balaban J connectivity index is 1.60. The molecule has 2 saturated heterocycles. The number of para-hydroxylation sites is 1. The Labute approximate surface area is 376 Å². The minimum Gasteiger partial charge on any atom is -0.491 e. The first kappa shape index (κ1) is 45.5. The lowest BCUT2D eigenvalue weighted by Crippen LogP contribution is -2.57. The largest absolute Gasteiger partial charge is 0.491 e. The Bertz CT molecular complexity index is 2540. The number of esters is 2. The maximum absolute atomic E-state index is 16.4. The summed E-state index contributed by atoms with van der Waals surface area (Å²) < 4.78 is 17.7. The van der Waals surface area contributed by atoms with Crippen molar-refractivity contribution in [1.82, 2.24) is 20.9 Å². The van der Waals surface area contributed by atoms with Crippen LogP contribution >= 0.6 is 0 Å². The van der Waals surface area contributed by atoms with Crippen LogP contribution in [-0.4, -0.2) is 91.3 Å². The molecule has 3 aliphatic rings. The number of hydrogen-bond donors (Lipinski definition) is 5. The number of nitrogens with one attached hydrogen (secondary N) is 3. The fourth-order valence-electron chi connectivity index (χ4n) is 9.33. The van der Waals surface area contributed by atoms with Gasteiger partial charge in [0.15, 0.2) is 0 Å². The molecule has 3 aliphatic heterocycles. The number of aliphatic hydroxyl groups is 1. The third kappa shape index (κ3) is 8.39. The van der Waals surface area contributed by atoms with Crippen molar-refractivity contribution in [2.75, 3.05) is 38.3 Å². The van der Waals surface area contributed by atoms with Crippen LogP contribution < -0.4 is 31.3 Å². The molecule has 6 N–H and O–H groups in total. The molecule has 6 amide bonds. The Kier molecular flexibility index (Phi) is 13.7. The second-order valence-corrected chi connectivity index (χ2v) is 16.0. The summed E-state index contributed by atoms with van der Waals surface area (Å²) in [6, 6.07) is 23.2. The van der Waals surface area contributed by atoms with E-state index in [1.807, 2.05) is 65.6 Å². The summed E-state index contributed by atoms with van der Waals surface area (Å²) in [5.74, 6) is 0.767. The van der Waals surface area contributed by atoms with E-state index in [1.54, 1.807) is 50.2 Å². The third-order valence-corrected chi connectivity index (χ3v) is 11.9. The normalized spacial score (nSPS) is 22.4. The zero-order valence-electron chi connectivity index (χ0n) is 36.1. The fourth-order valence-corrected chi connectivity index (χ4v) is 9.33. The van der Waals surface area contributed by atoms with Crippen molar-refractivity contribution < 1.29 is 48.1 Å². The first-order chi connectivity index (χ1) is 31.4. The lowest BCUT2D eigenvalue weighted by atomic mass is 9.65. The number of rotatable bonds is 13. The summed E-state index contributed by atoms with van der Waals surface area (Å²) in [5, 5.41) is 18.0. The van der Waals surface area contributed by atoms with E-state index in [1.165, 1.54) is 19.3 Å². The molecule has 0 bridgehead atoms. The van der Waals surface area contributed by atoms with Gasteiger partial charge in [0.25, 0.3) is 0 Å². The van der Waals surface area contributed by atoms with Gasteiger partial charge in [-0.1, -0.05) is 111 Å². The highest BCUT2D eigenvalue weighted by Crippen LogP contribution is 2.66. The molecule has 3 heterocycles. The predicted molar refractivity (Wildman–Crippen MR) is 238 cm³/mol. The van der Waals surface area contributed by atoms with Gasteiger partial charge < -0.3 is 41.0 Å². The summed E-state index contributed by atoms with van der Waals surface area (Å²) in [7, 11) is 1.18. The highest BCUT2D eigenvalue weighted by atomic mass is 16.6. The summed E-state index contributed by atoms with van der Waals surface area (Å²) in [5.41, 5.74) is 5.29. The average Bonchev–Trinajstić information content (AvgIpc) is 3.77. The number of imide groups is 1. The number of urea groups is 2. The fraction of sp³-hybridized carbons (Fsp3) is 0.306. The average molecular weight is 883 g/mol. The van der Waals surface area contributed by atoms with E-state index in [4.69, 9.17) is 19.9 Å². The van der Waals surface area contributed by atoms with Gasteiger partial charge in [-0.15, -0.1) is 6.58 Å². The van der Waals surface area contributed by atoms with Crippen molar-refractivity contribution in [3.8, 4) is 17.6 Å². The number of cyclic esters (lactones) is 1. The number of carbonyl (C=O) groups excluding carboxylic acids is 6. The lowest BCUT2D eigenvalue weighted by Gasteiger charge is -2.46. The van der Waals surface area contributed by atoms with Crippen molar-refractivity contribution in [2.24, 2.45) is 17.6 Å². The number of benzene rings is 4. The zero-order valence-corrected chi connectivity index (χ0v) is 36.1. The Hall–Kier alpha value is -7.48. The molecule has 0 aliphatic carbocycles. The Morgan fingerprint density at radius 3 is 2.26 bits per heavy atom. The van der Waals surface area contributed by atoms with Gasteiger partial charge in [0.2, 0.25) is 11.8 Å². The van der Waals surface area contributed by atoms with Crippen molar-refractivity contribution in [3.63, 3.8) is 0 Å². The first-order valence-electron chi connectivity index (χ1n) is 21.1. The quantitative estimate of drug-likeness (QED) is 0.0736. The molecule has 16 heteroatoms. The number of methoxy groups -OCH3 is 1. The van der Waals surface area contributed by atoms with E-state index in [0.29, 0.717) is 22.3 Å². The molecule has 16 nitrogen and oxygen atoms in total. The molecular formula is C49H50N6O10. The number of carbonyl (C=O) groups is 6. The summed E-state index contributed by atoms with van der Waals surface area (Å²) >= 11 is 0. The van der Waals surface area contributed by atoms with Crippen molar-refractivity contribution in [1.29, 1.82) is 0 Å². The molecule has 7 atom stereocenters. The van der Waals surface area contributed by atoms with Gasteiger partial charge in [-0.25, -0.2) is 19.3 Å².